The first-order chi connectivity index (χ1) is 7.97. The van der Waals surface area contributed by atoms with Gasteiger partial charge in [-0.25, -0.2) is 4.79 Å². The van der Waals surface area contributed by atoms with E-state index in [1.165, 1.54) is 26.4 Å². The minimum absolute atomic E-state index is 0.224. The molecule has 0 N–H and O–H groups in total. The van der Waals surface area contributed by atoms with Crippen molar-refractivity contribution in [1.29, 1.82) is 0 Å². The smallest absolute Gasteiger partial charge is 0.342 e. The fourth-order valence-corrected chi connectivity index (χ4v) is 5.46. The van der Waals surface area contributed by atoms with Crippen molar-refractivity contribution in [2.24, 2.45) is 23.2 Å². The Balaban J connectivity index is 1.93. The molecule has 0 saturated heterocycles. The van der Waals surface area contributed by atoms with Crippen LogP contribution in [0.3, 0.4) is 0 Å². The minimum Gasteiger partial charge on any atom is -0.467 e. The van der Waals surface area contributed by atoms with Crippen molar-refractivity contribution in [2.45, 2.75) is 42.9 Å². The Labute approximate surface area is 112 Å². The maximum Gasteiger partial charge on any atom is 0.342 e. The highest BCUT2D eigenvalue weighted by atomic mass is 35.5. The average molecular weight is 277 g/mol. The van der Waals surface area contributed by atoms with E-state index < -0.39 is 10.3 Å². The molecule has 4 aliphatic carbocycles. The molecular weight excluding hydrogens is 259 g/mol. The Kier molecular flexibility index (Phi) is 2.68. The van der Waals surface area contributed by atoms with E-state index in [4.69, 9.17) is 27.9 Å². The van der Waals surface area contributed by atoms with E-state index >= 15 is 0 Å². The summed E-state index contributed by atoms with van der Waals surface area (Å²) in [4.78, 5) is 11.9. The average Bonchev–Trinajstić information content (AvgIpc) is 2.25. The quantitative estimate of drug-likeness (QED) is 0.570. The van der Waals surface area contributed by atoms with Gasteiger partial charge in [0.2, 0.25) is 4.33 Å². The number of hydrogen-bond donors (Lipinski definition) is 0. The SMILES string of the molecule is COC(=O)C(Cl)(Cl)C12CC3CC(CC(C3)C1)C2. The van der Waals surface area contributed by atoms with Gasteiger partial charge >= 0.3 is 5.97 Å². The molecule has 4 aliphatic rings. The van der Waals surface area contributed by atoms with Crippen molar-refractivity contribution >= 4 is 29.2 Å². The van der Waals surface area contributed by atoms with E-state index in [9.17, 15) is 4.79 Å². The van der Waals surface area contributed by atoms with Gasteiger partial charge in [-0.1, -0.05) is 23.2 Å². The van der Waals surface area contributed by atoms with Crippen molar-refractivity contribution in [1.82, 2.24) is 0 Å². The second-order valence-electron chi connectivity index (χ2n) is 6.26. The van der Waals surface area contributed by atoms with Crippen LogP contribution in [0.4, 0.5) is 0 Å². The molecule has 0 heterocycles. The molecule has 0 aromatic rings. The van der Waals surface area contributed by atoms with Gasteiger partial charge in [0.15, 0.2) is 0 Å². The van der Waals surface area contributed by atoms with Crippen LogP contribution in [0.5, 0.6) is 0 Å². The number of hydrogen-bond acceptors (Lipinski definition) is 2. The summed E-state index contributed by atoms with van der Waals surface area (Å²) in [6, 6.07) is 0. The third-order valence-corrected chi connectivity index (χ3v) is 6.26. The second-order valence-corrected chi connectivity index (χ2v) is 7.59. The van der Waals surface area contributed by atoms with Gasteiger partial charge in [0.05, 0.1) is 7.11 Å². The molecular formula is C13H18Cl2O2. The number of halogens is 2. The number of carbonyl (C=O) groups excluding carboxylic acids is 1. The number of esters is 1. The third-order valence-electron chi connectivity index (χ3n) is 5.15. The lowest BCUT2D eigenvalue weighted by Crippen LogP contribution is -2.56. The highest BCUT2D eigenvalue weighted by Gasteiger charge is 2.63. The van der Waals surface area contributed by atoms with Crippen molar-refractivity contribution in [3.05, 3.63) is 0 Å². The molecule has 4 bridgehead atoms. The fourth-order valence-electron chi connectivity index (χ4n) is 4.84. The van der Waals surface area contributed by atoms with Crippen LogP contribution in [-0.2, 0) is 9.53 Å². The molecule has 4 heteroatoms. The first-order valence-electron chi connectivity index (χ1n) is 6.43. The summed E-state index contributed by atoms with van der Waals surface area (Å²) in [5.74, 6) is 1.70. The Hall–Kier alpha value is 0.0500. The Morgan fingerprint density at radius 1 is 1.12 bits per heavy atom. The summed E-state index contributed by atoms with van der Waals surface area (Å²) in [6.45, 7) is 0. The number of carbonyl (C=O) groups is 1. The summed E-state index contributed by atoms with van der Waals surface area (Å²) in [7, 11) is 1.36. The number of alkyl halides is 2. The number of methoxy groups -OCH3 is 1. The van der Waals surface area contributed by atoms with Gasteiger partial charge in [-0.05, 0) is 56.3 Å². The van der Waals surface area contributed by atoms with Crippen LogP contribution in [0.15, 0.2) is 0 Å². The van der Waals surface area contributed by atoms with Gasteiger partial charge in [-0.15, -0.1) is 0 Å². The van der Waals surface area contributed by atoms with Gasteiger partial charge in [0, 0.05) is 5.41 Å². The van der Waals surface area contributed by atoms with Crippen molar-refractivity contribution in [2.75, 3.05) is 7.11 Å². The van der Waals surface area contributed by atoms with Gasteiger partial charge in [-0.3, -0.25) is 0 Å². The van der Waals surface area contributed by atoms with E-state index in [1.807, 2.05) is 0 Å². The summed E-state index contributed by atoms with van der Waals surface area (Å²) in [6.07, 6.45) is 6.93. The summed E-state index contributed by atoms with van der Waals surface area (Å²) < 4.78 is 3.45. The molecule has 0 spiro atoms. The molecule has 0 atom stereocenters. The normalized spacial score (nSPS) is 43.8. The second kappa shape index (κ2) is 3.77. The lowest BCUT2D eigenvalue weighted by atomic mass is 9.48. The topological polar surface area (TPSA) is 26.3 Å². The Morgan fingerprint density at radius 3 is 1.88 bits per heavy atom. The fraction of sp³-hybridized carbons (Fsp3) is 0.923. The molecule has 0 aromatic carbocycles. The van der Waals surface area contributed by atoms with Crippen LogP contribution >= 0.6 is 23.2 Å². The minimum atomic E-state index is -1.35. The lowest BCUT2D eigenvalue weighted by molar-refractivity contribution is -0.150. The molecule has 0 unspecified atom stereocenters. The predicted octanol–water partition coefficient (Wildman–Crippen LogP) is 3.55. The zero-order valence-corrected chi connectivity index (χ0v) is 11.6. The zero-order valence-electron chi connectivity index (χ0n) is 10.0. The van der Waals surface area contributed by atoms with Crippen LogP contribution in [-0.4, -0.2) is 17.4 Å². The van der Waals surface area contributed by atoms with Crippen LogP contribution in [0.1, 0.15) is 38.5 Å². The van der Waals surface area contributed by atoms with Crippen LogP contribution < -0.4 is 0 Å². The van der Waals surface area contributed by atoms with E-state index in [2.05, 4.69) is 0 Å². The van der Waals surface area contributed by atoms with Crippen molar-refractivity contribution < 1.29 is 9.53 Å². The largest absolute Gasteiger partial charge is 0.467 e. The van der Waals surface area contributed by atoms with Crippen LogP contribution in [0.2, 0.25) is 0 Å². The highest BCUT2D eigenvalue weighted by molar-refractivity contribution is 6.58. The van der Waals surface area contributed by atoms with E-state index in [0.717, 1.165) is 37.0 Å². The zero-order chi connectivity index (χ0) is 12.3. The van der Waals surface area contributed by atoms with Crippen LogP contribution in [0.25, 0.3) is 0 Å². The Morgan fingerprint density at radius 2 is 1.53 bits per heavy atom. The van der Waals surface area contributed by atoms with Gasteiger partial charge in [0.25, 0.3) is 0 Å². The van der Waals surface area contributed by atoms with E-state index in [-0.39, 0.29) is 5.41 Å². The highest BCUT2D eigenvalue weighted by Crippen LogP contribution is 2.66. The molecule has 2 nitrogen and oxygen atoms in total. The van der Waals surface area contributed by atoms with Gasteiger partial charge in [0.1, 0.15) is 0 Å². The molecule has 0 aromatic heterocycles. The first kappa shape index (κ1) is 12.1. The molecule has 4 rings (SSSR count). The summed E-state index contributed by atoms with van der Waals surface area (Å²) in [5, 5.41) is 0. The van der Waals surface area contributed by atoms with Crippen molar-refractivity contribution in [3.63, 3.8) is 0 Å². The monoisotopic (exact) mass is 276 g/mol. The summed E-state index contributed by atoms with van der Waals surface area (Å²) >= 11 is 12.8. The molecule has 0 radical (unpaired) electrons. The molecule has 17 heavy (non-hydrogen) atoms. The standard InChI is InChI=1S/C13H18Cl2O2/c1-17-11(16)13(14,15)12-5-8-2-9(6-12)4-10(3-8)7-12/h8-10H,2-7H2,1H3. The van der Waals surface area contributed by atoms with Gasteiger partial charge < -0.3 is 4.74 Å². The van der Waals surface area contributed by atoms with E-state index in [1.54, 1.807) is 0 Å². The molecule has 4 saturated carbocycles. The van der Waals surface area contributed by atoms with E-state index in [0.29, 0.717) is 0 Å². The number of rotatable bonds is 2. The van der Waals surface area contributed by atoms with Gasteiger partial charge in [-0.2, -0.15) is 0 Å². The molecule has 0 aliphatic heterocycles. The summed E-state index contributed by atoms with van der Waals surface area (Å²) in [5.41, 5.74) is -0.224. The predicted molar refractivity (Wildman–Crippen MR) is 67.1 cm³/mol. The van der Waals surface area contributed by atoms with Crippen LogP contribution in [0, 0.1) is 23.2 Å². The first-order valence-corrected chi connectivity index (χ1v) is 7.19. The molecule has 0 amide bonds. The molecule has 4 fully saturated rings. The maximum atomic E-state index is 11.9. The van der Waals surface area contributed by atoms with Crippen molar-refractivity contribution in [3.8, 4) is 0 Å². The Bertz CT molecular complexity index is 316. The third kappa shape index (κ3) is 1.63. The number of ether oxygens (including phenoxy) is 1. The lowest BCUT2D eigenvalue weighted by Gasteiger charge is -2.59. The maximum absolute atomic E-state index is 11.9. The molecule has 96 valence electrons.